The van der Waals surface area contributed by atoms with Gasteiger partial charge in [-0.25, -0.2) is 4.99 Å². The van der Waals surface area contributed by atoms with Crippen molar-refractivity contribution < 1.29 is 14.3 Å². The number of carbonyl (C=O) groups excluding carboxylic acids is 1. The van der Waals surface area contributed by atoms with Gasteiger partial charge in [-0.2, -0.15) is 0 Å². The number of nitrogens with zero attached hydrogens (tertiary/aromatic N) is 1. The molecule has 1 fully saturated rings. The second kappa shape index (κ2) is 9.27. The van der Waals surface area contributed by atoms with E-state index in [9.17, 15) is 4.79 Å². The van der Waals surface area contributed by atoms with Crippen LogP contribution in [-0.4, -0.2) is 24.8 Å². The van der Waals surface area contributed by atoms with E-state index in [1.54, 1.807) is 7.11 Å². The van der Waals surface area contributed by atoms with Gasteiger partial charge in [-0.3, -0.25) is 4.79 Å². The molecular formula is C20H19IN2O3S. The quantitative estimate of drug-likeness (QED) is 0.455. The number of methoxy groups -OCH3 is 1. The Hall–Kier alpha value is -2.00. The number of amidine groups is 1. The van der Waals surface area contributed by atoms with E-state index in [-0.39, 0.29) is 5.91 Å². The molecule has 0 unspecified atom stereocenters. The van der Waals surface area contributed by atoms with E-state index in [1.165, 1.54) is 11.8 Å². The number of aliphatic imine (C=N–C) groups is 1. The molecular weight excluding hydrogens is 475 g/mol. The molecule has 0 radical (unpaired) electrons. The Morgan fingerprint density at radius 2 is 2.04 bits per heavy atom. The number of hydrogen-bond donors (Lipinski definition) is 1. The maximum atomic E-state index is 12.3. The first-order valence-corrected chi connectivity index (χ1v) is 10.3. The van der Waals surface area contributed by atoms with E-state index in [2.05, 4.69) is 39.8 Å². The number of rotatable bonds is 6. The fourth-order valence-corrected chi connectivity index (χ4v) is 4.04. The van der Waals surface area contributed by atoms with Crippen LogP contribution in [0.1, 0.15) is 18.9 Å². The summed E-state index contributed by atoms with van der Waals surface area (Å²) in [6, 6.07) is 13.4. The van der Waals surface area contributed by atoms with Crippen LogP contribution >= 0.6 is 34.4 Å². The molecule has 1 aliphatic heterocycles. The highest BCUT2D eigenvalue weighted by Crippen LogP contribution is 2.36. The van der Waals surface area contributed by atoms with Crippen LogP contribution in [0.15, 0.2) is 52.4 Å². The molecule has 2 aromatic rings. The Morgan fingerprint density at radius 1 is 1.26 bits per heavy atom. The molecule has 0 saturated carbocycles. The van der Waals surface area contributed by atoms with Crippen molar-refractivity contribution in [2.45, 2.75) is 13.3 Å². The summed E-state index contributed by atoms with van der Waals surface area (Å²) in [5.41, 5.74) is 1.67. The maximum Gasteiger partial charge on any atom is 0.264 e. The zero-order chi connectivity index (χ0) is 19.2. The van der Waals surface area contributed by atoms with Crippen LogP contribution in [0, 0.1) is 3.57 Å². The molecule has 0 spiro atoms. The lowest BCUT2D eigenvalue weighted by molar-refractivity contribution is -0.115. The summed E-state index contributed by atoms with van der Waals surface area (Å²) in [6.45, 7) is 2.69. The van der Waals surface area contributed by atoms with Crippen LogP contribution in [0.25, 0.3) is 6.08 Å². The Balaban J connectivity index is 1.85. The number of carbonyl (C=O) groups is 1. The first kappa shape index (κ1) is 19.8. The van der Waals surface area contributed by atoms with Crippen LogP contribution < -0.4 is 14.8 Å². The van der Waals surface area contributed by atoms with E-state index in [0.29, 0.717) is 22.4 Å². The number of ether oxygens (including phenoxy) is 2. The highest BCUT2D eigenvalue weighted by molar-refractivity contribution is 14.1. The first-order valence-electron chi connectivity index (χ1n) is 8.45. The number of nitrogens with one attached hydrogen (secondary N) is 1. The van der Waals surface area contributed by atoms with Gasteiger partial charge >= 0.3 is 0 Å². The number of halogens is 1. The zero-order valence-electron chi connectivity index (χ0n) is 15.0. The van der Waals surface area contributed by atoms with Gasteiger partial charge in [0.15, 0.2) is 16.7 Å². The van der Waals surface area contributed by atoms with Crippen molar-refractivity contribution in [3.63, 3.8) is 0 Å². The summed E-state index contributed by atoms with van der Waals surface area (Å²) in [5, 5.41) is 3.37. The molecule has 5 nitrogen and oxygen atoms in total. The molecule has 27 heavy (non-hydrogen) atoms. The minimum absolute atomic E-state index is 0.157. The summed E-state index contributed by atoms with van der Waals surface area (Å²) >= 11 is 3.54. The fourth-order valence-electron chi connectivity index (χ4n) is 2.42. The van der Waals surface area contributed by atoms with Gasteiger partial charge in [-0.05, 0) is 76.7 Å². The Bertz CT molecular complexity index is 898. The number of thioether (sulfide) groups is 1. The third-order valence-corrected chi connectivity index (χ3v) is 5.35. The molecule has 1 aliphatic rings. The lowest BCUT2D eigenvalue weighted by Crippen LogP contribution is -2.19. The largest absolute Gasteiger partial charge is 0.493 e. The maximum absolute atomic E-state index is 12.3. The molecule has 7 heteroatoms. The first-order chi connectivity index (χ1) is 13.1. The molecule has 3 rings (SSSR count). The number of amides is 1. The Kier molecular flexibility index (Phi) is 6.78. The van der Waals surface area contributed by atoms with Gasteiger partial charge in [0.25, 0.3) is 5.91 Å². The molecule has 2 aromatic carbocycles. The molecule has 1 N–H and O–H groups in total. The molecule has 1 saturated heterocycles. The minimum Gasteiger partial charge on any atom is -0.493 e. The molecule has 0 bridgehead atoms. The van der Waals surface area contributed by atoms with Crippen LogP contribution in [-0.2, 0) is 4.79 Å². The second-order valence-corrected chi connectivity index (χ2v) is 7.89. The van der Waals surface area contributed by atoms with E-state index < -0.39 is 0 Å². The Labute approximate surface area is 176 Å². The predicted molar refractivity (Wildman–Crippen MR) is 119 cm³/mol. The average molecular weight is 494 g/mol. The molecule has 0 aliphatic carbocycles. The summed E-state index contributed by atoms with van der Waals surface area (Å²) in [4.78, 5) is 17.3. The zero-order valence-corrected chi connectivity index (χ0v) is 18.0. The molecule has 1 amide bonds. The van der Waals surface area contributed by atoms with Crippen molar-refractivity contribution in [2.24, 2.45) is 4.99 Å². The van der Waals surface area contributed by atoms with E-state index in [4.69, 9.17) is 9.47 Å². The average Bonchev–Trinajstić information content (AvgIpc) is 3.00. The van der Waals surface area contributed by atoms with Crippen LogP contribution in [0.5, 0.6) is 11.5 Å². The highest BCUT2D eigenvalue weighted by atomic mass is 127. The van der Waals surface area contributed by atoms with Crippen LogP contribution in [0.3, 0.4) is 0 Å². The SMILES string of the molecule is CCCOc1c(I)cc(/C=C2\SC(=Nc3ccccc3)NC2=O)cc1OC. The van der Waals surface area contributed by atoms with Crippen molar-refractivity contribution in [1.29, 1.82) is 0 Å². The molecule has 140 valence electrons. The second-order valence-electron chi connectivity index (χ2n) is 5.70. The summed E-state index contributed by atoms with van der Waals surface area (Å²) in [7, 11) is 1.61. The summed E-state index contributed by atoms with van der Waals surface area (Å²) in [5.74, 6) is 1.23. The normalized spacial score (nSPS) is 16.6. The standard InChI is InChI=1S/C20H19IN2O3S/c1-3-9-26-18-15(21)10-13(11-16(18)25-2)12-17-19(24)23-20(27-17)22-14-7-5-4-6-8-14/h4-8,10-12H,3,9H2,1-2H3,(H,22,23,24)/b17-12-. The van der Waals surface area contributed by atoms with E-state index in [0.717, 1.165) is 27.0 Å². The lowest BCUT2D eigenvalue weighted by atomic mass is 10.2. The number of hydrogen-bond acceptors (Lipinski definition) is 5. The molecule has 0 atom stereocenters. The van der Waals surface area contributed by atoms with Gasteiger partial charge in [0.05, 0.1) is 27.9 Å². The Morgan fingerprint density at radius 3 is 2.74 bits per heavy atom. The van der Waals surface area contributed by atoms with Gasteiger partial charge in [0, 0.05) is 0 Å². The molecule has 0 aromatic heterocycles. The lowest BCUT2D eigenvalue weighted by Gasteiger charge is -2.13. The van der Waals surface area contributed by atoms with E-state index >= 15 is 0 Å². The van der Waals surface area contributed by atoms with Crippen molar-refractivity contribution in [3.05, 3.63) is 56.5 Å². The van der Waals surface area contributed by atoms with Gasteiger partial charge in [-0.15, -0.1) is 0 Å². The monoisotopic (exact) mass is 494 g/mol. The summed E-state index contributed by atoms with van der Waals surface area (Å²) in [6.07, 6.45) is 2.76. The topological polar surface area (TPSA) is 59.9 Å². The van der Waals surface area contributed by atoms with Gasteiger partial charge in [0.2, 0.25) is 0 Å². The minimum atomic E-state index is -0.157. The van der Waals surface area contributed by atoms with Crippen LogP contribution in [0.2, 0.25) is 0 Å². The highest BCUT2D eigenvalue weighted by Gasteiger charge is 2.24. The van der Waals surface area contributed by atoms with Gasteiger partial charge in [-0.1, -0.05) is 25.1 Å². The van der Waals surface area contributed by atoms with Crippen molar-refractivity contribution in [2.75, 3.05) is 13.7 Å². The predicted octanol–water partition coefficient (Wildman–Crippen LogP) is 4.98. The third kappa shape index (κ3) is 5.04. The van der Waals surface area contributed by atoms with Crippen molar-refractivity contribution in [1.82, 2.24) is 5.32 Å². The number of benzene rings is 2. The van der Waals surface area contributed by atoms with E-state index in [1.807, 2.05) is 48.5 Å². The van der Waals surface area contributed by atoms with Crippen molar-refractivity contribution >= 4 is 57.2 Å². The number of para-hydroxylation sites is 1. The van der Waals surface area contributed by atoms with Gasteiger partial charge in [0.1, 0.15) is 0 Å². The smallest absolute Gasteiger partial charge is 0.264 e. The molecule has 1 heterocycles. The van der Waals surface area contributed by atoms with Crippen LogP contribution in [0.4, 0.5) is 5.69 Å². The fraction of sp³-hybridized carbons (Fsp3) is 0.200. The van der Waals surface area contributed by atoms with Gasteiger partial charge < -0.3 is 14.8 Å². The summed E-state index contributed by atoms with van der Waals surface area (Å²) < 4.78 is 12.2. The third-order valence-electron chi connectivity index (χ3n) is 3.64. The van der Waals surface area contributed by atoms with Crippen molar-refractivity contribution in [3.8, 4) is 11.5 Å².